The summed E-state index contributed by atoms with van der Waals surface area (Å²) in [6.07, 6.45) is 2.02. The second-order valence-electron chi connectivity index (χ2n) is 9.30. The molecular formula is C27H22N2O8. The van der Waals surface area contributed by atoms with Crippen LogP contribution in [-0.2, 0) is 19.6 Å². The zero-order valence-corrected chi connectivity index (χ0v) is 19.8. The Labute approximate surface area is 207 Å². The van der Waals surface area contributed by atoms with Crippen LogP contribution in [0.2, 0.25) is 0 Å². The minimum atomic E-state index is -0.572. The van der Waals surface area contributed by atoms with Gasteiger partial charge in [-0.05, 0) is 52.8 Å². The van der Waals surface area contributed by atoms with Gasteiger partial charge in [-0.3, -0.25) is 31.0 Å². The van der Waals surface area contributed by atoms with Crippen LogP contribution < -0.4 is 26.6 Å². The van der Waals surface area contributed by atoms with E-state index in [4.69, 9.17) is 4.74 Å². The summed E-state index contributed by atoms with van der Waals surface area (Å²) in [5, 5.41) is 54.4. The molecule has 0 heterocycles. The molecule has 188 valence electrons. The van der Waals surface area contributed by atoms with Crippen LogP contribution in [0.25, 0.3) is 49.2 Å². The number of rotatable bonds is 5. The first-order valence-electron chi connectivity index (χ1n) is 11.5. The van der Waals surface area contributed by atoms with Gasteiger partial charge in [-0.2, -0.15) is 0 Å². The molecule has 6 rings (SSSR count). The molecule has 10 heteroatoms. The lowest BCUT2D eigenvalue weighted by molar-refractivity contribution is 0.282. The predicted octanol–water partition coefficient (Wildman–Crippen LogP) is 3.16. The number of methoxy groups -OCH3 is 1. The summed E-state index contributed by atoms with van der Waals surface area (Å²) in [6.45, 7) is 0.811. The minimum Gasteiger partial charge on any atom is -0.505 e. The van der Waals surface area contributed by atoms with E-state index in [1.165, 1.54) is 19.2 Å². The van der Waals surface area contributed by atoms with E-state index in [-0.39, 0.29) is 39.9 Å². The summed E-state index contributed by atoms with van der Waals surface area (Å²) >= 11 is 0. The number of hydrogen-bond donors (Lipinski definition) is 7. The molecule has 5 aromatic rings. The Balaban J connectivity index is 2.19. The van der Waals surface area contributed by atoms with Gasteiger partial charge in [-0.15, -0.1) is 0 Å². The molecule has 0 saturated carbocycles. The van der Waals surface area contributed by atoms with E-state index in [0.717, 1.165) is 5.57 Å². The molecule has 1 aliphatic rings. The number of anilines is 2. The zero-order chi connectivity index (χ0) is 26.3. The molecule has 0 fully saturated rings. The van der Waals surface area contributed by atoms with Gasteiger partial charge in [0.05, 0.1) is 36.8 Å². The van der Waals surface area contributed by atoms with Gasteiger partial charge in [0.2, 0.25) is 5.43 Å². The number of allylic oxidation sites excluding steroid dienone is 1. The molecule has 0 unspecified atom stereocenters. The molecule has 0 saturated heterocycles. The summed E-state index contributed by atoms with van der Waals surface area (Å²) in [7, 11) is 1.37. The number of hydrogen-bond acceptors (Lipinski definition) is 10. The second-order valence-corrected chi connectivity index (χ2v) is 9.30. The number of aliphatic hydroxyl groups excluding tert-OH is 2. The fourth-order valence-corrected chi connectivity index (χ4v) is 6.11. The maximum absolute atomic E-state index is 13.8. The van der Waals surface area contributed by atoms with Crippen LogP contribution in [0, 0.1) is 0 Å². The maximum Gasteiger partial charge on any atom is 0.230 e. The van der Waals surface area contributed by atoms with E-state index in [1.54, 1.807) is 6.08 Å². The number of aliphatic hydroxyl groups is 2. The third-order valence-electron chi connectivity index (χ3n) is 7.43. The topological polar surface area (TPSA) is 169 Å². The first-order valence-corrected chi connectivity index (χ1v) is 11.5. The molecule has 10 nitrogen and oxygen atoms in total. The van der Waals surface area contributed by atoms with Crippen molar-refractivity contribution in [3.63, 3.8) is 0 Å². The average molecular weight is 502 g/mol. The summed E-state index contributed by atoms with van der Waals surface area (Å²) in [4.78, 5) is 27.1. The molecule has 0 aromatic heterocycles. The largest absolute Gasteiger partial charge is 0.505 e. The highest BCUT2D eigenvalue weighted by Crippen LogP contribution is 2.52. The van der Waals surface area contributed by atoms with Crippen molar-refractivity contribution in [3.05, 3.63) is 60.4 Å². The van der Waals surface area contributed by atoms with Crippen molar-refractivity contribution in [3.8, 4) is 11.5 Å². The Kier molecular flexibility index (Phi) is 4.95. The quantitative estimate of drug-likeness (QED) is 0.0820. The summed E-state index contributed by atoms with van der Waals surface area (Å²) in [5.74, 6) is -0.420. The van der Waals surface area contributed by atoms with Crippen LogP contribution in [-0.4, -0.2) is 32.8 Å². The van der Waals surface area contributed by atoms with E-state index in [9.17, 15) is 35.3 Å². The smallest absolute Gasteiger partial charge is 0.230 e. The van der Waals surface area contributed by atoms with Gasteiger partial charge in [0, 0.05) is 27.3 Å². The third kappa shape index (κ3) is 2.72. The highest BCUT2D eigenvalue weighted by atomic mass is 16.5. The van der Waals surface area contributed by atoms with Gasteiger partial charge < -0.3 is 20.1 Å². The highest BCUT2D eigenvalue weighted by molar-refractivity contribution is 6.39. The molecule has 0 atom stereocenters. The lowest BCUT2D eigenvalue weighted by Gasteiger charge is -2.24. The molecule has 1 aliphatic carbocycles. The molecule has 37 heavy (non-hydrogen) atoms. The number of fused-ring (bicyclic) bond motifs is 1. The lowest BCUT2D eigenvalue weighted by Crippen LogP contribution is -2.14. The van der Waals surface area contributed by atoms with E-state index < -0.39 is 29.8 Å². The number of ether oxygens (including phenoxy) is 1. The standard InChI is InChI=1S/C27H22N2O8/c1-9-3-12-18-19-13(4-9)27(37-2)26(34)20-14(28-35)5-10(7-30)16(22(19)20)17-11(8-31)6-15(32)21(23(17)18)25(33)24(12)29-36/h3,5-6,28-31,33,35-36H,4,7-8H2,1-2H3. The minimum absolute atomic E-state index is 0.0474. The highest BCUT2D eigenvalue weighted by Gasteiger charge is 2.32. The molecule has 7 N–H and O–H groups in total. The Morgan fingerprint density at radius 2 is 1.51 bits per heavy atom. The lowest BCUT2D eigenvalue weighted by atomic mass is 9.81. The van der Waals surface area contributed by atoms with E-state index in [1.807, 2.05) is 12.4 Å². The number of nitrogens with one attached hydrogen (secondary N) is 2. The van der Waals surface area contributed by atoms with Crippen molar-refractivity contribution < 1.29 is 30.5 Å². The number of phenolic OH excluding ortho intramolecular Hbond substituents is 1. The zero-order valence-electron chi connectivity index (χ0n) is 19.8. The van der Waals surface area contributed by atoms with Crippen LogP contribution in [0.4, 0.5) is 11.4 Å². The number of aromatic hydroxyl groups is 1. The van der Waals surface area contributed by atoms with Crippen molar-refractivity contribution in [2.45, 2.75) is 26.6 Å². The van der Waals surface area contributed by atoms with Crippen molar-refractivity contribution in [2.24, 2.45) is 0 Å². The SMILES string of the molecule is COc1c2c3c4c(c(NO)c(O)c5c(=O)cc(CO)c(c6c(CO)cc(NO)c(c1=O)c63)c54)C=C(C)C2. The Bertz CT molecular complexity index is 1950. The molecular weight excluding hydrogens is 480 g/mol. The summed E-state index contributed by atoms with van der Waals surface area (Å²) in [6, 6.07) is 2.63. The van der Waals surface area contributed by atoms with Gasteiger partial charge >= 0.3 is 0 Å². The average Bonchev–Trinajstić information content (AvgIpc) is 3.04. The van der Waals surface area contributed by atoms with Gasteiger partial charge in [-0.25, -0.2) is 0 Å². The van der Waals surface area contributed by atoms with Crippen LogP contribution in [0.15, 0.2) is 27.3 Å². The van der Waals surface area contributed by atoms with Crippen molar-refractivity contribution >= 4 is 60.5 Å². The van der Waals surface area contributed by atoms with Crippen LogP contribution in [0.5, 0.6) is 11.5 Å². The molecule has 0 aliphatic heterocycles. The number of benzene rings is 5. The first-order chi connectivity index (χ1) is 17.8. The normalized spacial score (nSPS) is 13.2. The second kappa shape index (κ2) is 7.89. The molecule has 0 bridgehead atoms. The fourth-order valence-electron chi connectivity index (χ4n) is 6.11. The third-order valence-corrected chi connectivity index (χ3v) is 7.43. The van der Waals surface area contributed by atoms with Crippen LogP contribution in [0.3, 0.4) is 0 Å². The Hall–Kier alpha value is -4.22. The van der Waals surface area contributed by atoms with Crippen molar-refractivity contribution in [1.82, 2.24) is 0 Å². The fraction of sp³-hybridized carbons (Fsp3) is 0.185. The monoisotopic (exact) mass is 502 g/mol. The molecule has 0 amide bonds. The van der Waals surface area contributed by atoms with E-state index in [2.05, 4.69) is 5.48 Å². The van der Waals surface area contributed by atoms with Crippen molar-refractivity contribution in [1.29, 1.82) is 0 Å². The van der Waals surface area contributed by atoms with Gasteiger partial charge in [0.15, 0.2) is 16.9 Å². The summed E-state index contributed by atoms with van der Waals surface area (Å²) < 4.78 is 5.59. The Morgan fingerprint density at radius 1 is 0.865 bits per heavy atom. The predicted molar refractivity (Wildman–Crippen MR) is 140 cm³/mol. The number of phenols is 1. The van der Waals surface area contributed by atoms with Crippen LogP contribution >= 0.6 is 0 Å². The van der Waals surface area contributed by atoms with Gasteiger partial charge in [0.1, 0.15) is 5.69 Å². The Morgan fingerprint density at radius 3 is 2.11 bits per heavy atom. The van der Waals surface area contributed by atoms with Crippen molar-refractivity contribution in [2.75, 3.05) is 18.1 Å². The first kappa shape index (κ1) is 23.2. The molecule has 0 radical (unpaired) electrons. The maximum atomic E-state index is 13.8. The van der Waals surface area contributed by atoms with Crippen LogP contribution in [0.1, 0.15) is 29.2 Å². The summed E-state index contributed by atoms with van der Waals surface area (Å²) in [5.41, 5.74) is 5.24. The van der Waals surface area contributed by atoms with Gasteiger partial charge in [0.25, 0.3) is 0 Å². The molecule has 0 spiro atoms. The van der Waals surface area contributed by atoms with Gasteiger partial charge in [-0.1, -0.05) is 11.6 Å². The molecule has 5 aromatic carbocycles. The van der Waals surface area contributed by atoms with E-state index >= 15 is 0 Å². The van der Waals surface area contributed by atoms with E-state index in [0.29, 0.717) is 49.0 Å².